The first-order chi connectivity index (χ1) is 27.7. The molecule has 0 saturated carbocycles. The van der Waals surface area contributed by atoms with Gasteiger partial charge < -0.3 is 5.11 Å². The maximum absolute atomic E-state index is 16.9. The van der Waals surface area contributed by atoms with Gasteiger partial charge in [0, 0.05) is 37.0 Å². The second-order valence-corrected chi connectivity index (χ2v) is 21.4. The molecule has 1 aliphatic heterocycles. The molecule has 2 atom stereocenters. The van der Waals surface area contributed by atoms with Gasteiger partial charge in [0.25, 0.3) is 0 Å². The molecule has 4 aromatic carbocycles. The highest BCUT2D eigenvalue weighted by atomic mass is 32.2. The van der Waals surface area contributed by atoms with E-state index in [1.54, 1.807) is 26.0 Å². The lowest BCUT2D eigenvalue weighted by Gasteiger charge is -2.43. The largest absolute Gasteiger partial charge is 0.507 e. The number of aromatic hydroxyl groups is 1. The Morgan fingerprint density at radius 1 is 0.600 bits per heavy atom. The number of thiophene rings is 1. The molecule has 0 amide bonds. The summed E-state index contributed by atoms with van der Waals surface area (Å²) in [5.41, 5.74) is 3.99. The molecule has 2 aliphatic carbocycles. The SMILES string of the molecule is Cc1cc(-c2cc3c(s2)C(c2ccc(C(C)(C)C)cc2)(c2ccc(C(C)(C)C)cc2)C2SC(c4cc(C)c(O)c(C)c4)=CC2C2=C3C(F)(F)C(F)(F)C2(F)F)cc(C)c1C. The molecule has 0 fully saturated rings. The van der Waals surface area contributed by atoms with Crippen molar-refractivity contribution in [3.8, 4) is 16.2 Å². The Bertz CT molecular complexity index is 2530. The number of allylic oxidation sites excluding steroid dienone is 3. The molecule has 0 radical (unpaired) electrons. The number of phenolic OH excluding ortho intramolecular Hbond substituents is 1. The lowest BCUT2D eigenvalue weighted by atomic mass is 9.65. The predicted octanol–water partition coefficient (Wildman–Crippen LogP) is 15.1. The van der Waals surface area contributed by atoms with Crippen LogP contribution >= 0.6 is 23.1 Å². The average molecular weight is 857 g/mol. The number of thioether (sulfide) groups is 1. The second kappa shape index (κ2) is 13.6. The maximum atomic E-state index is 16.9. The van der Waals surface area contributed by atoms with Gasteiger partial charge in [-0.15, -0.1) is 23.1 Å². The Kier molecular flexibility index (Phi) is 9.66. The minimum absolute atomic E-state index is 0.0766. The number of benzene rings is 4. The molecule has 2 unspecified atom stereocenters. The summed E-state index contributed by atoms with van der Waals surface area (Å²) in [7, 11) is 0. The number of hydrogen-bond acceptors (Lipinski definition) is 3. The second-order valence-electron chi connectivity index (χ2n) is 19.1. The molecule has 0 spiro atoms. The van der Waals surface area contributed by atoms with Crippen molar-refractivity contribution in [3.05, 3.63) is 157 Å². The van der Waals surface area contributed by atoms with Gasteiger partial charge in [-0.25, -0.2) is 0 Å². The summed E-state index contributed by atoms with van der Waals surface area (Å²) in [6, 6.07) is 24.7. The van der Waals surface area contributed by atoms with Gasteiger partial charge >= 0.3 is 17.8 Å². The first-order valence-corrected chi connectivity index (χ1v) is 22.0. The normalized spacial score (nSPS) is 21.3. The number of halogens is 6. The molecule has 5 aromatic rings. The van der Waals surface area contributed by atoms with Gasteiger partial charge in [0.2, 0.25) is 0 Å². The molecule has 8 rings (SSSR count). The van der Waals surface area contributed by atoms with Crippen LogP contribution < -0.4 is 0 Å². The molecule has 9 heteroatoms. The van der Waals surface area contributed by atoms with Crippen LogP contribution in [0.4, 0.5) is 26.3 Å². The Labute approximate surface area is 357 Å². The topological polar surface area (TPSA) is 20.2 Å². The number of phenols is 1. The minimum atomic E-state index is -5.69. The van der Waals surface area contributed by atoms with E-state index >= 15 is 26.3 Å². The fraction of sp³-hybridized carbons (Fsp3) is 0.373. The third-order valence-corrected chi connectivity index (χ3v) is 16.0. The number of alkyl halides is 6. The molecule has 1 N–H and O–H groups in total. The Balaban J connectivity index is 1.55. The molecule has 1 aromatic heterocycles. The summed E-state index contributed by atoms with van der Waals surface area (Å²) in [6.45, 7) is 21.9. The summed E-state index contributed by atoms with van der Waals surface area (Å²) in [6.07, 6.45) is 1.51. The summed E-state index contributed by atoms with van der Waals surface area (Å²) in [5, 5.41) is 9.69. The lowest BCUT2D eigenvalue weighted by Crippen LogP contribution is -2.51. The molecule has 0 bridgehead atoms. The van der Waals surface area contributed by atoms with Crippen LogP contribution in [0.5, 0.6) is 5.75 Å². The smallest absolute Gasteiger partial charge is 0.380 e. The van der Waals surface area contributed by atoms with Crippen molar-refractivity contribution in [1.29, 1.82) is 0 Å². The molecule has 1 nitrogen and oxygen atoms in total. The van der Waals surface area contributed by atoms with E-state index in [0.29, 0.717) is 48.0 Å². The van der Waals surface area contributed by atoms with Gasteiger partial charge in [-0.3, -0.25) is 0 Å². The summed E-state index contributed by atoms with van der Waals surface area (Å²) in [4.78, 5) is 1.33. The Morgan fingerprint density at radius 2 is 1.07 bits per heavy atom. The minimum Gasteiger partial charge on any atom is -0.507 e. The molecule has 2 heterocycles. The van der Waals surface area contributed by atoms with Crippen molar-refractivity contribution in [1.82, 2.24) is 0 Å². The van der Waals surface area contributed by atoms with E-state index in [1.165, 1.54) is 35.2 Å². The summed E-state index contributed by atoms with van der Waals surface area (Å²) >= 11 is 2.47. The van der Waals surface area contributed by atoms with Gasteiger partial charge in [-0.05, 0) is 130 Å². The van der Waals surface area contributed by atoms with Gasteiger partial charge in [-0.1, -0.05) is 108 Å². The fourth-order valence-electron chi connectivity index (χ4n) is 9.44. The highest BCUT2D eigenvalue weighted by molar-refractivity contribution is 8.09. The van der Waals surface area contributed by atoms with Crippen LogP contribution in [-0.2, 0) is 16.2 Å². The third kappa shape index (κ3) is 6.02. The lowest BCUT2D eigenvalue weighted by molar-refractivity contribution is -0.261. The molecule has 3 aliphatic rings. The standard InChI is InChI=1S/C51H50F6OS2/c1-26-20-31(21-27(2)30(26)5)39-24-37-41-42(50(54,55)51(56,57)49(41,52)53)38-25-40(32-22-28(3)43(58)29(4)23-32)60-45(38)48(44(37)59-39,35-16-12-33(13-17-35)46(6,7)8)36-18-14-34(15-19-36)47(9,10)11/h12-25,38,45,58H,1-11H3. The van der Waals surface area contributed by atoms with E-state index in [0.717, 1.165) is 27.8 Å². The number of aryl methyl sites for hydroxylation is 4. The summed E-state index contributed by atoms with van der Waals surface area (Å²) < 4.78 is 99.9. The fourth-order valence-corrected chi connectivity index (χ4v) is 12.6. The first-order valence-electron chi connectivity index (χ1n) is 20.3. The van der Waals surface area contributed by atoms with Crippen molar-refractivity contribution in [2.45, 2.75) is 115 Å². The van der Waals surface area contributed by atoms with Gasteiger partial charge in [0.15, 0.2) is 0 Å². The first kappa shape index (κ1) is 42.5. The van der Waals surface area contributed by atoms with E-state index in [2.05, 4.69) is 41.5 Å². The van der Waals surface area contributed by atoms with Crippen LogP contribution in [0, 0.1) is 40.5 Å². The van der Waals surface area contributed by atoms with Crippen LogP contribution in [0.25, 0.3) is 20.9 Å². The zero-order valence-corrected chi connectivity index (χ0v) is 37.4. The van der Waals surface area contributed by atoms with E-state index in [4.69, 9.17) is 0 Å². The number of hydrogen-bond donors (Lipinski definition) is 1. The number of rotatable bonds is 4. The summed E-state index contributed by atoms with van der Waals surface area (Å²) in [5.74, 6) is -17.6. The Hall–Kier alpha value is -4.21. The molecule has 314 valence electrons. The van der Waals surface area contributed by atoms with Crippen molar-refractivity contribution < 1.29 is 31.4 Å². The van der Waals surface area contributed by atoms with Crippen LogP contribution in [0.3, 0.4) is 0 Å². The van der Waals surface area contributed by atoms with Gasteiger partial charge in [-0.2, -0.15) is 26.3 Å². The van der Waals surface area contributed by atoms with Crippen molar-refractivity contribution in [2.24, 2.45) is 5.92 Å². The van der Waals surface area contributed by atoms with Gasteiger partial charge in [0.1, 0.15) is 5.75 Å². The highest BCUT2D eigenvalue weighted by Gasteiger charge is 2.82. The maximum Gasteiger partial charge on any atom is 0.380 e. The number of fused-ring (bicyclic) bond motifs is 4. The van der Waals surface area contributed by atoms with Crippen LogP contribution in [0.15, 0.2) is 90.5 Å². The van der Waals surface area contributed by atoms with Crippen molar-refractivity contribution >= 4 is 33.6 Å². The Morgan fingerprint density at radius 3 is 1.53 bits per heavy atom. The molecular weight excluding hydrogens is 807 g/mol. The monoisotopic (exact) mass is 856 g/mol. The molecule has 0 saturated heterocycles. The zero-order valence-electron chi connectivity index (χ0n) is 35.8. The van der Waals surface area contributed by atoms with E-state index < -0.39 is 45.5 Å². The molecule has 60 heavy (non-hydrogen) atoms. The quantitative estimate of drug-likeness (QED) is 0.182. The van der Waals surface area contributed by atoms with E-state index in [9.17, 15) is 5.11 Å². The zero-order chi connectivity index (χ0) is 43.9. The third-order valence-electron chi connectivity index (χ3n) is 13.1. The van der Waals surface area contributed by atoms with E-state index in [1.807, 2.05) is 81.4 Å². The van der Waals surface area contributed by atoms with Crippen LogP contribution in [0.2, 0.25) is 0 Å². The van der Waals surface area contributed by atoms with E-state index in [-0.39, 0.29) is 22.1 Å². The van der Waals surface area contributed by atoms with Crippen molar-refractivity contribution in [2.75, 3.05) is 0 Å². The van der Waals surface area contributed by atoms with Crippen LogP contribution in [-0.4, -0.2) is 28.1 Å². The predicted molar refractivity (Wildman–Crippen MR) is 236 cm³/mol. The molecular formula is C51H50F6OS2. The van der Waals surface area contributed by atoms with Gasteiger partial charge in [0.05, 0.1) is 5.41 Å². The van der Waals surface area contributed by atoms with Crippen LogP contribution in [0.1, 0.15) is 108 Å². The average Bonchev–Trinajstić information content (AvgIpc) is 3.80. The van der Waals surface area contributed by atoms with Crippen molar-refractivity contribution in [3.63, 3.8) is 0 Å². The highest BCUT2D eigenvalue weighted by Crippen LogP contribution is 2.72.